The molecule has 1 aromatic rings. The lowest BCUT2D eigenvalue weighted by Crippen LogP contribution is -2.70. The van der Waals surface area contributed by atoms with Crippen LogP contribution in [0, 0.1) is 0 Å². The molecule has 124 valence electrons. The molecule has 2 unspecified atom stereocenters. The van der Waals surface area contributed by atoms with Crippen molar-refractivity contribution in [2.24, 2.45) is 4.99 Å². The number of β-lactam (4-membered cyclic amide) rings is 1. The molecule has 0 aliphatic carbocycles. The van der Waals surface area contributed by atoms with E-state index in [1.165, 1.54) is 40.3 Å². The third-order valence-corrected chi connectivity index (χ3v) is 5.97. The highest BCUT2D eigenvalue weighted by molar-refractivity contribution is 8.01. The topological polar surface area (TPSA) is 107 Å². The Morgan fingerprint density at radius 1 is 1.46 bits per heavy atom. The lowest BCUT2D eigenvalue weighted by Gasteiger charge is -2.51. The summed E-state index contributed by atoms with van der Waals surface area (Å²) in [6, 6.07) is 2.70. The lowest BCUT2D eigenvalue weighted by molar-refractivity contribution is -0.143. The maximum atomic E-state index is 12.5. The van der Waals surface area contributed by atoms with Gasteiger partial charge in [-0.1, -0.05) is 0 Å². The SMILES string of the molecule is CC(=O)N(c1cccs1)C1C(=O)N2C=C(N=C=O)C(C(=O)O)S[C@H]12. The fourth-order valence-corrected chi connectivity index (χ4v) is 4.76. The van der Waals surface area contributed by atoms with Crippen LogP contribution in [0.4, 0.5) is 5.00 Å². The number of carbonyl (C=O) groups is 3. The molecule has 8 nitrogen and oxygen atoms in total. The first-order valence-electron chi connectivity index (χ1n) is 6.79. The predicted octanol–water partition coefficient (Wildman–Crippen LogP) is 1.02. The second kappa shape index (κ2) is 6.23. The number of thiophene rings is 1. The smallest absolute Gasteiger partial charge is 0.322 e. The molecular weight excluding hydrogens is 354 g/mol. The number of thioether (sulfide) groups is 1. The number of isocyanates is 1. The number of anilines is 1. The minimum Gasteiger partial charge on any atom is -0.480 e. The number of hydrogen-bond acceptors (Lipinski definition) is 7. The minimum atomic E-state index is -1.17. The maximum absolute atomic E-state index is 12.5. The van der Waals surface area contributed by atoms with E-state index in [0.717, 1.165) is 11.8 Å². The monoisotopic (exact) mass is 365 g/mol. The number of hydrogen-bond donors (Lipinski definition) is 1. The van der Waals surface area contributed by atoms with Gasteiger partial charge < -0.3 is 10.0 Å². The van der Waals surface area contributed by atoms with Crippen LogP contribution in [0.5, 0.6) is 0 Å². The number of fused-ring (bicyclic) bond motifs is 1. The van der Waals surface area contributed by atoms with Gasteiger partial charge in [-0.2, -0.15) is 4.99 Å². The van der Waals surface area contributed by atoms with Gasteiger partial charge in [0.1, 0.15) is 16.7 Å². The van der Waals surface area contributed by atoms with Crippen LogP contribution >= 0.6 is 23.1 Å². The summed E-state index contributed by atoms with van der Waals surface area (Å²) >= 11 is 2.29. The first-order chi connectivity index (χ1) is 11.5. The van der Waals surface area contributed by atoms with Crippen LogP contribution in [0.3, 0.4) is 0 Å². The number of carboxylic acids is 1. The van der Waals surface area contributed by atoms with Gasteiger partial charge in [-0.15, -0.1) is 23.1 Å². The third kappa shape index (κ3) is 2.54. The largest absolute Gasteiger partial charge is 0.480 e. The van der Waals surface area contributed by atoms with Crippen LogP contribution in [-0.2, 0) is 19.2 Å². The van der Waals surface area contributed by atoms with E-state index in [2.05, 4.69) is 4.99 Å². The average Bonchev–Trinajstić information content (AvgIpc) is 3.05. The minimum absolute atomic E-state index is 0.0453. The van der Waals surface area contributed by atoms with Crippen molar-refractivity contribution in [3.8, 4) is 0 Å². The molecule has 2 aliphatic heterocycles. The van der Waals surface area contributed by atoms with Crippen LogP contribution in [0.25, 0.3) is 0 Å². The van der Waals surface area contributed by atoms with Crippen molar-refractivity contribution in [3.63, 3.8) is 0 Å². The van der Waals surface area contributed by atoms with Crippen LogP contribution in [0.2, 0.25) is 0 Å². The highest BCUT2D eigenvalue weighted by atomic mass is 32.2. The van der Waals surface area contributed by atoms with Gasteiger partial charge in [0.2, 0.25) is 12.0 Å². The maximum Gasteiger partial charge on any atom is 0.322 e. The molecular formula is C14H11N3O5S2. The highest BCUT2D eigenvalue weighted by Crippen LogP contribution is 2.44. The number of amides is 2. The van der Waals surface area contributed by atoms with Crippen molar-refractivity contribution in [3.05, 3.63) is 29.4 Å². The molecule has 10 heteroatoms. The van der Waals surface area contributed by atoms with Crippen molar-refractivity contribution < 1.29 is 24.3 Å². The number of rotatable bonds is 4. The molecule has 0 saturated carbocycles. The van der Waals surface area contributed by atoms with Crippen molar-refractivity contribution >= 4 is 52.0 Å². The number of nitrogens with zero attached hydrogens (tertiary/aromatic N) is 3. The van der Waals surface area contributed by atoms with Gasteiger partial charge in [-0.25, -0.2) is 4.79 Å². The van der Waals surface area contributed by atoms with Crippen molar-refractivity contribution in [1.29, 1.82) is 0 Å². The summed E-state index contributed by atoms with van der Waals surface area (Å²) in [6.07, 6.45) is 2.55. The molecule has 3 atom stereocenters. The standard InChI is InChI=1S/C14H11N3O5S2/c1-7(19)17(9-3-2-4-23-9)10-12(20)16-5-8(15-6-18)11(14(21)22)24-13(10)16/h2-5,10-11,13H,1H3,(H,21,22)/t10?,11?,13-/m1/s1. The number of aliphatic imine (C=N–C) groups is 1. The second-order valence-electron chi connectivity index (χ2n) is 5.03. The van der Waals surface area contributed by atoms with E-state index >= 15 is 0 Å². The molecule has 2 amide bonds. The summed E-state index contributed by atoms with van der Waals surface area (Å²) in [5.41, 5.74) is -0.0453. The zero-order chi connectivity index (χ0) is 17.4. The Hall–Kier alpha value is -2.42. The van der Waals surface area contributed by atoms with Crippen molar-refractivity contribution in [2.45, 2.75) is 23.6 Å². The van der Waals surface area contributed by atoms with Gasteiger partial charge in [0.15, 0.2) is 0 Å². The van der Waals surface area contributed by atoms with Gasteiger partial charge in [-0.3, -0.25) is 19.3 Å². The zero-order valence-corrected chi connectivity index (χ0v) is 13.9. The van der Waals surface area contributed by atoms with Gasteiger partial charge >= 0.3 is 5.97 Å². The molecule has 2 aliphatic rings. The normalized spacial score (nSPS) is 25.0. The fourth-order valence-electron chi connectivity index (χ4n) is 2.62. The Bertz CT molecular complexity index is 784. The summed E-state index contributed by atoms with van der Waals surface area (Å²) < 4.78 is 0. The first-order valence-corrected chi connectivity index (χ1v) is 8.61. The first kappa shape index (κ1) is 16.4. The van der Waals surface area contributed by atoms with Crippen molar-refractivity contribution in [2.75, 3.05) is 4.90 Å². The Labute approximate surface area is 144 Å². The average molecular weight is 365 g/mol. The van der Waals surface area contributed by atoms with Crippen LogP contribution in [0.1, 0.15) is 6.92 Å². The Balaban J connectivity index is 1.95. The van der Waals surface area contributed by atoms with Gasteiger partial charge in [0.05, 0.1) is 10.7 Å². The van der Waals surface area contributed by atoms with Gasteiger partial charge in [-0.05, 0) is 17.5 Å². The summed E-state index contributed by atoms with van der Waals surface area (Å²) in [5, 5.41) is 10.1. The molecule has 0 radical (unpaired) electrons. The molecule has 1 aromatic heterocycles. The predicted molar refractivity (Wildman–Crippen MR) is 87.1 cm³/mol. The molecule has 1 fully saturated rings. The van der Waals surface area contributed by atoms with Crippen LogP contribution in [0.15, 0.2) is 34.4 Å². The quantitative estimate of drug-likeness (QED) is 0.485. The Morgan fingerprint density at radius 3 is 2.75 bits per heavy atom. The van der Waals surface area contributed by atoms with E-state index in [1.54, 1.807) is 17.5 Å². The molecule has 1 saturated heterocycles. The molecule has 0 bridgehead atoms. The lowest BCUT2D eigenvalue weighted by atomic mass is 10.0. The highest BCUT2D eigenvalue weighted by Gasteiger charge is 2.56. The van der Waals surface area contributed by atoms with E-state index in [-0.39, 0.29) is 17.5 Å². The third-order valence-electron chi connectivity index (χ3n) is 3.63. The summed E-state index contributed by atoms with van der Waals surface area (Å²) in [6.45, 7) is 1.36. The Morgan fingerprint density at radius 2 is 2.21 bits per heavy atom. The van der Waals surface area contributed by atoms with E-state index in [0.29, 0.717) is 5.00 Å². The van der Waals surface area contributed by atoms with E-state index in [4.69, 9.17) is 0 Å². The molecule has 3 heterocycles. The second-order valence-corrected chi connectivity index (χ2v) is 7.19. The summed E-state index contributed by atoms with van der Waals surface area (Å²) in [7, 11) is 0. The number of aliphatic carboxylic acids is 1. The zero-order valence-electron chi connectivity index (χ0n) is 12.3. The molecule has 3 rings (SSSR count). The van der Waals surface area contributed by atoms with E-state index in [9.17, 15) is 24.3 Å². The molecule has 24 heavy (non-hydrogen) atoms. The Kier molecular flexibility index (Phi) is 4.27. The van der Waals surface area contributed by atoms with Crippen LogP contribution < -0.4 is 4.90 Å². The molecule has 1 N–H and O–H groups in total. The number of carbonyl (C=O) groups excluding carboxylic acids is 3. The molecule has 0 spiro atoms. The van der Waals surface area contributed by atoms with E-state index < -0.39 is 22.6 Å². The van der Waals surface area contributed by atoms with Crippen LogP contribution in [-0.4, -0.2) is 50.5 Å². The van der Waals surface area contributed by atoms with Crippen molar-refractivity contribution in [1.82, 2.24) is 4.90 Å². The number of carboxylic acid groups (broad SMARTS) is 1. The summed E-state index contributed by atoms with van der Waals surface area (Å²) in [5.74, 6) is -1.82. The molecule has 0 aromatic carbocycles. The fraction of sp³-hybridized carbons (Fsp3) is 0.286. The van der Waals surface area contributed by atoms with E-state index in [1.807, 2.05) is 0 Å². The van der Waals surface area contributed by atoms with Gasteiger partial charge in [0, 0.05) is 13.1 Å². The summed E-state index contributed by atoms with van der Waals surface area (Å²) in [4.78, 5) is 52.4. The van der Waals surface area contributed by atoms with Gasteiger partial charge in [0.25, 0.3) is 5.91 Å².